The predicted molar refractivity (Wildman–Crippen MR) is 115 cm³/mol. The SMILES string of the molecule is CCNC(=O)N(CC(=O)N(Cc1ccccc1)Cc1cccs1)CC1CCCO1. The lowest BCUT2D eigenvalue weighted by Gasteiger charge is -2.29. The molecule has 1 aromatic carbocycles. The van der Waals surface area contributed by atoms with E-state index in [1.807, 2.05) is 59.7 Å². The fourth-order valence-corrected chi connectivity index (χ4v) is 4.13. The van der Waals surface area contributed by atoms with Gasteiger partial charge in [-0.3, -0.25) is 4.79 Å². The largest absolute Gasteiger partial charge is 0.376 e. The lowest BCUT2D eigenvalue weighted by molar-refractivity contribution is -0.133. The molecule has 1 aromatic heterocycles. The van der Waals surface area contributed by atoms with E-state index >= 15 is 0 Å². The van der Waals surface area contributed by atoms with E-state index in [4.69, 9.17) is 4.74 Å². The highest BCUT2D eigenvalue weighted by Gasteiger charge is 2.26. The first-order valence-corrected chi connectivity index (χ1v) is 11.0. The summed E-state index contributed by atoms with van der Waals surface area (Å²) in [5.41, 5.74) is 1.07. The van der Waals surface area contributed by atoms with Crippen LogP contribution in [0.3, 0.4) is 0 Å². The molecule has 0 saturated carbocycles. The summed E-state index contributed by atoms with van der Waals surface area (Å²) in [5, 5.41) is 4.83. The van der Waals surface area contributed by atoms with Crippen LogP contribution in [-0.2, 0) is 22.6 Å². The van der Waals surface area contributed by atoms with E-state index in [-0.39, 0.29) is 24.6 Å². The number of hydrogen-bond acceptors (Lipinski definition) is 4. The normalized spacial score (nSPS) is 15.8. The first-order valence-electron chi connectivity index (χ1n) is 10.1. The molecule has 29 heavy (non-hydrogen) atoms. The molecule has 1 atom stereocenters. The van der Waals surface area contributed by atoms with Crippen LogP contribution in [0.25, 0.3) is 0 Å². The van der Waals surface area contributed by atoms with Gasteiger partial charge in [0.15, 0.2) is 0 Å². The summed E-state index contributed by atoms with van der Waals surface area (Å²) in [6.45, 7) is 4.66. The summed E-state index contributed by atoms with van der Waals surface area (Å²) in [4.78, 5) is 30.3. The number of carbonyl (C=O) groups is 2. The Kier molecular flexibility index (Phi) is 8.07. The van der Waals surface area contributed by atoms with Crippen LogP contribution in [0, 0.1) is 0 Å². The molecule has 3 rings (SSSR count). The van der Waals surface area contributed by atoms with Crippen molar-refractivity contribution in [3.8, 4) is 0 Å². The number of rotatable bonds is 9. The average Bonchev–Trinajstić information content (AvgIpc) is 3.42. The highest BCUT2D eigenvalue weighted by atomic mass is 32.1. The average molecular weight is 416 g/mol. The van der Waals surface area contributed by atoms with E-state index in [1.54, 1.807) is 16.2 Å². The third kappa shape index (κ3) is 6.58. The van der Waals surface area contributed by atoms with Crippen LogP contribution in [-0.4, -0.2) is 54.1 Å². The predicted octanol–water partition coefficient (Wildman–Crippen LogP) is 3.49. The van der Waals surface area contributed by atoms with Crippen LogP contribution in [0.5, 0.6) is 0 Å². The van der Waals surface area contributed by atoms with Gasteiger partial charge in [0.05, 0.1) is 12.6 Å². The van der Waals surface area contributed by atoms with Gasteiger partial charge in [-0.15, -0.1) is 11.3 Å². The van der Waals surface area contributed by atoms with Gasteiger partial charge in [0.2, 0.25) is 5.91 Å². The van der Waals surface area contributed by atoms with E-state index < -0.39 is 0 Å². The summed E-state index contributed by atoms with van der Waals surface area (Å²) >= 11 is 1.63. The van der Waals surface area contributed by atoms with Crippen molar-refractivity contribution in [3.63, 3.8) is 0 Å². The Bertz CT molecular complexity index is 761. The topological polar surface area (TPSA) is 61.9 Å². The van der Waals surface area contributed by atoms with E-state index in [9.17, 15) is 9.59 Å². The molecule has 1 N–H and O–H groups in total. The molecular formula is C22H29N3O3S. The van der Waals surface area contributed by atoms with Crippen molar-refractivity contribution in [2.45, 2.75) is 39.0 Å². The molecule has 156 valence electrons. The quantitative estimate of drug-likeness (QED) is 0.682. The van der Waals surface area contributed by atoms with Gasteiger partial charge in [-0.1, -0.05) is 36.4 Å². The summed E-state index contributed by atoms with van der Waals surface area (Å²) in [7, 11) is 0. The van der Waals surface area contributed by atoms with Gasteiger partial charge in [-0.05, 0) is 36.8 Å². The van der Waals surface area contributed by atoms with E-state index in [1.165, 1.54) is 0 Å². The molecule has 0 radical (unpaired) electrons. The second kappa shape index (κ2) is 11.0. The minimum atomic E-state index is -0.216. The highest BCUT2D eigenvalue weighted by Crippen LogP contribution is 2.17. The van der Waals surface area contributed by atoms with Gasteiger partial charge in [0.25, 0.3) is 0 Å². The molecule has 1 unspecified atom stereocenters. The van der Waals surface area contributed by atoms with Crippen molar-refractivity contribution in [1.29, 1.82) is 0 Å². The van der Waals surface area contributed by atoms with E-state index in [0.29, 0.717) is 26.2 Å². The van der Waals surface area contributed by atoms with Gasteiger partial charge in [-0.25, -0.2) is 4.79 Å². The summed E-state index contributed by atoms with van der Waals surface area (Å²) in [6, 6.07) is 13.8. The lowest BCUT2D eigenvalue weighted by Crippen LogP contribution is -2.48. The van der Waals surface area contributed by atoms with Crippen molar-refractivity contribution in [1.82, 2.24) is 15.1 Å². The van der Waals surface area contributed by atoms with Gasteiger partial charge < -0.3 is 19.9 Å². The summed E-state index contributed by atoms with van der Waals surface area (Å²) in [6.07, 6.45) is 1.93. The molecule has 2 aromatic rings. The number of nitrogens with one attached hydrogen (secondary N) is 1. The van der Waals surface area contributed by atoms with Crippen LogP contribution in [0.1, 0.15) is 30.2 Å². The Balaban J connectivity index is 1.71. The maximum Gasteiger partial charge on any atom is 0.317 e. The summed E-state index contributed by atoms with van der Waals surface area (Å²) < 4.78 is 5.69. The molecule has 0 bridgehead atoms. The Morgan fingerprint density at radius 2 is 1.97 bits per heavy atom. The molecule has 2 heterocycles. The molecule has 0 aliphatic carbocycles. The smallest absolute Gasteiger partial charge is 0.317 e. The van der Waals surface area contributed by atoms with Crippen LogP contribution in [0.15, 0.2) is 47.8 Å². The number of benzene rings is 1. The van der Waals surface area contributed by atoms with Gasteiger partial charge in [0, 0.05) is 31.1 Å². The molecule has 7 heteroatoms. The first-order chi connectivity index (χ1) is 14.2. The van der Waals surface area contributed by atoms with Crippen LogP contribution >= 0.6 is 11.3 Å². The van der Waals surface area contributed by atoms with E-state index in [2.05, 4.69) is 5.32 Å². The minimum absolute atomic E-state index is 0.00488. The fraction of sp³-hybridized carbons (Fsp3) is 0.455. The second-order valence-electron chi connectivity index (χ2n) is 7.17. The maximum absolute atomic E-state index is 13.2. The van der Waals surface area contributed by atoms with Crippen LogP contribution in [0.2, 0.25) is 0 Å². The third-order valence-electron chi connectivity index (χ3n) is 4.89. The zero-order valence-electron chi connectivity index (χ0n) is 16.9. The Morgan fingerprint density at radius 3 is 2.62 bits per heavy atom. The molecule has 6 nitrogen and oxygen atoms in total. The van der Waals surface area contributed by atoms with Crippen LogP contribution < -0.4 is 5.32 Å². The Morgan fingerprint density at radius 1 is 1.14 bits per heavy atom. The summed E-state index contributed by atoms with van der Waals surface area (Å²) in [5.74, 6) is -0.0634. The molecule has 0 spiro atoms. The van der Waals surface area contributed by atoms with Crippen molar-refractivity contribution < 1.29 is 14.3 Å². The number of carbonyl (C=O) groups excluding carboxylic acids is 2. The monoisotopic (exact) mass is 415 g/mol. The van der Waals surface area contributed by atoms with Gasteiger partial charge >= 0.3 is 6.03 Å². The highest BCUT2D eigenvalue weighted by molar-refractivity contribution is 7.09. The lowest BCUT2D eigenvalue weighted by atomic mass is 10.2. The molecule has 1 fully saturated rings. The molecule has 1 aliphatic rings. The van der Waals surface area contributed by atoms with Crippen molar-refractivity contribution in [2.24, 2.45) is 0 Å². The molecular weight excluding hydrogens is 386 g/mol. The van der Waals surface area contributed by atoms with Crippen molar-refractivity contribution >= 4 is 23.3 Å². The number of hydrogen-bond donors (Lipinski definition) is 1. The zero-order chi connectivity index (χ0) is 20.5. The Labute approximate surface area is 176 Å². The number of amides is 3. The van der Waals surface area contributed by atoms with Crippen molar-refractivity contribution in [2.75, 3.05) is 26.2 Å². The molecule has 1 saturated heterocycles. The number of nitrogens with zero attached hydrogens (tertiary/aromatic N) is 2. The molecule has 3 amide bonds. The number of thiophene rings is 1. The number of ether oxygens (including phenoxy) is 1. The molecule has 1 aliphatic heterocycles. The third-order valence-corrected chi connectivity index (χ3v) is 5.75. The fourth-order valence-electron chi connectivity index (χ4n) is 3.41. The Hall–Kier alpha value is -2.38. The van der Waals surface area contributed by atoms with Crippen LogP contribution in [0.4, 0.5) is 4.79 Å². The minimum Gasteiger partial charge on any atom is -0.376 e. The van der Waals surface area contributed by atoms with Gasteiger partial charge in [0.1, 0.15) is 6.54 Å². The van der Waals surface area contributed by atoms with Crippen molar-refractivity contribution in [3.05, 3.63) is 58.3 Å². The number of urea groups is 1. The first kappa shape index (κ1) is 21.3. The maximum atomic E-state index is 13.2. The standard InChI is InChI=1S/C22H29N3O3S/c1-2-23-22(27)25(15-19-10-6-12-28-19)17-21(26)24(16-20-11-7-13-29-20)14-18-8-4-3-5-9-18/h3-5,7-9,11,13,19H,2,6,10,12,14-17H2,1H3,(H,23,27). The zero-order valence-corrected chi connectivity index (χ0v) is 17.7. The second-order valence-corrected chi connectivity index (χ2v) is 8.20. The van der Waals surface area contributed by atoms with Gasteiger partial charge in [-0.2, -0.15) is 0 Å². The van der Waals surface area contributed by atoms with E-state index in [0.717, 1.165) is 29.9 Å².